The first-order chi connectivity index (χ1) is 13.0. The summed E-state index contributed by atoms with van der Waals surface area (Å²) < 4.78 is 11.2. The van der Waals surface area contributed by atoms with Gasteiger partial charge in [-0.05, 0) is 57.2 Å². The summed E-state index contributed by atoms with van der Waals surface area (Å²) in [7, 11) is 0. The van der Waals surface area contributed by atoms with E-state index in [0.717, 1.165) is 29.7 Å². The average molecular weight is 388 g/mol. The molecule has 1 aliphatic carbocycles. The Morgan fingerprint density at radius 2 is 1.93 bits per heavy atom. The van der Waals surface area contributed by atoms with Gasteiger partial charge in [0.1, 0.15) is 10.8 Å². The SMILES string of the molecule is CC[C@H](Oc1ccccc1)C(=O)Nc1sc2c(c1C(=O)OC(C)C)CCC2. The molecule has 1 N–H and O–H groups in total. The predicted octanol–water partition coefficient (Wildman–Crippen LogP) is 4.60. The molecule has 1 atom stereocenters. The Kier molecular flexibility index (Phi) is 6.16. The second-order valence-corrected chi connectivity index (χ2v) is 7.94. The lowest BCUT2D eigenvalue weighted by molar-refractivity contribution is -0.122. The number of benzene rings is 1. The lowest BCUT2D eigenvalue weighted by atomic mass is 10.1. The number of anilines is 1. The standard InChI is InChI=1S/C21H25NO4S/c1-4-16(26-14-9-6-5-7-10-14)19(23)22-20-18(21(24)25-13(2)3)15-11-8-12-17(15)27-20/h5-7,9-10,13,16H,4,8,11-12H2,1-3H3,(H,22,23)/t16-/m0/s1. The smallest absolute Gasteiger partial charge is 0.341 e. The first kappa shape index (κ1) is 19.4. The van der Waals surface area contributed by atoms with E-state index >= 15 is 0 Å². The highest BCUT2D eigenvalue weighted by Crippen LogP contribution is 2.39. The number of amides is 1. The Balaban J connectivity index is 1.79. The van der Waals surface area contributed by atoms with Gasteiger partial charge >= 0.3 is 5.97 Å². The van der Waals surface area contributed by atoms with Crippen molar-refractivity contribution in [3.63, 3.8) is 0 Å². The summed E-state index contributed by atoms with van der Waals surface area (Å²) in [4.78, 5) is 26.6. The molecular weight excluding hydrogens is 362 g/mol. The summed E-state index contributed by atoms with van der Waals surface area (Å²) >= 11 is 1.48. The Labute approximate surface area is 163 Å². The molecule has 5 nitrogen and oxygen atoms in total. The van der Waals surface area contributed by atoms with Crippen LogP contribution in [0.5, 0.6) is 5.75 Å². The van der Waals surface area contributed by atoms with E-state index in [1.54, 1.807) is 0 Å². The third kappa shape index (κ3) is 4.50. The molecule has 0 spiro atoms. The number of carbonyl (C=O) groups excluding carboxylic acids is 2. The maximum absolute atomic E-state index is 12.8. The fraction of sp³-hybridized carbons (Fsp3) is 0.429. The lowest BCUT2D eigenvalue weighted by Gasteiger charge is -2.17. The minimum Gasteiger partial charge on any atom is -0.481 e. The molecule has 0 saturated carbocycles. The fourth-order valence-electron chi connectivity index (χ4n) is 3.16. The van der Waals surface area contributed by atoms with Crippen molar-refractivity contribution in [3.05, 3.63) is 46.3 Å². The van der Waals surface area contributed by atoms with Gasteiger partial charge in [0.25, 0.3) is 5.91 Å². The molecule has 3 rings (SSSR count). The van der Waals surface area contributed by atoms with Gasteiger partial charge in [0.15, 0.2) is 6.10 Å². The van der Waals surface area contributed by atoms with Crippen molar-refractivity contribution in [3.8, 4) is 5.75 Å². The van der Waals surface area contributed by atoms with Crippen molar-refractivity contribution in [2.45, 2.75) is 58.7 Å². The summed E-state index contributed by atoms with van der Waals surface area (Å²) in [6, 6.07) is 9.27. The number of nitrogens with one attached hydrogen (secondary N) is 1. The molecule has 1 aliphatic rings. The van der Waals surface area contributed by atoms with Crippen molar-refractivity contribution in [1.29, 1.82) is 0 Å². The molecule has 6 heteroatoms. The molecule has 0 radical (unpaired) electrons. The van der Waals surface area contributed by atoms with Crippen molar-refractivity contribution < 1.29 is 19.1 Å². The second-order valence-electron chi connectivity index (χ2n) is 6.83. The van der Waals surface area contributed by atoms with E-state index in [2.05, 4.69) is 5.32 Å². The van der Waals surface area contributed by atoms with Crippen LogP contribution < -0.4 is 10.1 Å². The van der Waals surface area contributed by atoms with Gasteiger partial charge in [0.2, 0.25) is 0 Å². The summed E-state index contributed by atoms with van der Waals surface area (Å²) in [6.07, 6.45) is 2.52. The van der Waals surface area contributed by atoms with E-state index in [1.807, 2.05) is 51.1 Å². The van der Waals surface area contributed by atoms with Gasteiger partial charge in [0, 0.05) is 4.88 Å². The number of fused-ring (bicyclic) bond motifs is 1. The number of aryl methyl sites for hydroxylation is 1. The zero-order chi connectivity index (χ0) is 19.4. The van der Waals surface area contributed by atoms with Gasteiger partial charge in [-0.15, -0.1) is 11.3 Å². The van der Waals surface area contributed by atoms with Crippen LogP contribution in [-0.2, 0) is 22.4 Å². The molecule has 144 valence electrons. The number of hydrogen-bond acceptors (Lipinski definition) is 5. The predicted molar refractivity (Wildman–Crippen MR) is 107 cm³/mol. The van der Waals surface area contributed by atoms with Crippen molar-refractivity contribution in [2.75, 3.05) is 5.32 Å². The first-order valence-electron chi connectivity index (χ1n) is 9.37. The Morgan fingerprint density at radius 3 is 2.59 bits per heavy atom. The van der Waals surface area contributed by atoms with Gasteiger partial charge in [-0.3, -0.25) is 4.79 Å². The highest BCUT2D eigenvalue weighted by Gasteiger charge is 2.30. The molecule has 1 aromatic carbocycles. The number of rotatable bonds is 7. The van der Waals surface area contributed by atoms with Crippen LogP contribution in [0.1, 0.15) is 54.4 Å². The minimum absolute atomic E-state index is 0.206. The highest BCUT2D eigenvalue weighted by atomic mass is 32.1. The molecule has 1 aromatic heterocycles. The third-order valence-electron chi connectivity index (χ3n) is 4.39. The molecule has 0 saturated heterocycles. The van der Waals surface area contributed by atoms with E-state index < -0.39 is 6.10 Å². The molecule has 0 aliphatic heterocycles. The van der Waals surface area contributed by atoms with E-state index in [9.17, 15) is 9.59 Å². The Morgan fingerprint density at radius 1 is 1.19 bits per heavy atom. The number of esters is 1. The molecule has 2 aromatic rings. The van der Waals surface area contributed by atoms with Crippen LogP contribution >= 0.6 is 11.3 Å². The summed E-state index contributed by atoms with van der Waals surface area (Å²) in [6.45, 7) is 5.54. The quantitative estimate of drug-likeness (QED) is 0.705. The summed E-state index contributed by atoms with van der Waals surface area (Å²) in [5.74, 6) is 0.0317. The summed E-state index contributed by atoms with van der Waals surface area (Å²) in [5, 5.41) is 3.49. The molecule has 0 fully saturated rings. The normalized spacial score (nSPS) is 13.9. The van der Waals surface area contributed by atoms with Crippen LogP contribution in [0.4, 0.5) is 5.00 Å². The molecule has 0 unspecified atom stereocenters. The van der Waals surface area contributed by atoms with Crippen LogP contribution in [-0.4, -0.2) is 24.1 Å². The minimum atomic E-state index is -0.627. The maximum Gasteiger partial charge on any atom is 0.341 e. The zero-order valence-electron chi connectivity index (χ0n) is 15.9. The monoisotopic (exact) mass is 387 g/mol. The Bertz CT molecular complexity index is 813. The van der Waals surface area contributed by atoms with Gasteiger partial charge in [-0.2, -0.15) is 0 Å². The molecule has 27 heavy (non-hydrogen) atoms. The zero-order valence-corrected chi connectivity index (χ0v) is 16.7. The number of hydrogen-bond donors (Lipinski definition) is 1. The van der Waals surface area contributed by atoms with Gasteiger partial charge in [-0.25, -0.2) is 4.79 Å². The highest BCUT2D eigenvalue weighted by molar-refractivity contribution is 7.17. The third-order valence-corrected chi connectivity index (χ3v) is 5.60. The maximum atomic E-state index is 12.8. The van der Waals surface area contributed by atoms with Crippen LogP contribution in [0, 0.1) is 0 Å². The number of thiophene rings is 1. The van der Waals surface area contributed by atoms with Crippen LogP contribution in [0.2, 0.25) is 0 Å². The molecule has 1 heterocycles. The van der Waals surface area contributed by atoms with Crippen molar-refractivity contribution >= 4 is 28.2 Å². The first-order valence-corrected chi connectivity index (χ1v) is 10.2. The fourth-order valence-corrected chi connectivity index (χ4v) is 4.44. The number of para-hydroxylation sites is 1. The topological polar surface area (TPSA) is 64.6 Å². The number of ether oxygens (including phenoxy) is 2. The van der Waals surface area contributed by atoms with Crippen molar-refractivity contribution in [1.82, 2.24) is 0 Å². The van der Waals surface area contributed by atoms with E-state index in [1.165, 1.54) is 11.3 Å². The second kappa shape index (κ2) is 8.57. The largest absolute Gasteiger partial charge is 0.481 e. The van der Waals surface area contributed by atoms with Crippen LogP contribution in [0.25, 0.3) is 0 Å². The van der Waals surface area contributed by atoms with Crippen LogP contribution in [0.15, 0.2) is 30.3 Å². The van der Waals surface area contributed by atoms with Gasteiger partial charge < -0.3 is 14.8 Å². The van der Waals surface area contributed by atoms with E-state index in [4.69, 9.17) is 9.47 Å². The number of carbonyl (C=O) groups is 2. The van der Waals surface area contributed by atoms with E-state index in [-0.39, 0.29) is 18.0 Å². The average Bonchev–Trinajstić information content (AvgIpc) is 3.20. The molecule has 1 amide bonds. The summed E-state index contributed by atoms with van der Waals surface area (Å²) in [5.41, 5.74) is 1.54. The van der Waals surface area contributed by atoms with Gasteiger partial charge in [0.05, 0.1) is 11.7 Å². The molecule has 0 bridgehead atoms. The van der Waals surface area contributed by atoms with Crippen molar-refractivity contribution in [2.24, 2.45) is 0 Å². The molecular formula is C21H25NO4S. The van der Waals surface area contributed by atoms with E-state index in [0.29, 0.717) is 22.7 Å². The van der Waals surface area contributed by atoms with Crippen LogP contribution in [0.3, 0.4) is 0 Å². The lowest BCUT2D eigenvalue weighted by Crippen LogP contribution is -2.32. The Hall–Kier alpha value is -2.34. The van der Waals surface area contributed by atoms with Gasteiger partial charge in [-0.1, -0.05) is 25.1 Å².